The van der Waals surface area contributed by atoms with Crippen molar-refractivity contribution in [2.24, 2.45) is 0 Å². The highest BCUT2D eigenvalue weighted by atomic mass is 16.1. The van der Waals surface area contributed by atoms with Crippen LogP contribution in [-0.4, -0.2) is 23.3 Å². The summed E-state index contributed by atoms with van der Waals surface area (Å²) in [7, 11) is 0. The summed E-state index contributed by atoms with van der Waals surface area (Å²) in [6.45, 7) is 2.81. The lowest BCUT2D eigenvalue weighted by molar-refractivity contribution is -0.124. The van der Waals surface area contributed by atoms with E-state index < -0.39 is 0 Å². The van der Waals surface area contributed by atoms with Crippen LogP contribution in [0.3, 0.4) is 0 Å². The number of nitrogens with one attached hydrogen (secondary N) is 2. The Kier molecular flexibility index (Phi) is 9.43. The molecule has 0 amide bonds. The van der Waals surface area contributed by atoms with E-state index in [4.69, 9.17) is 10.8 Å². The van der Waals surface area contributed by atoms with Crippen molar-refractivity contribution >= 4 is 23.3 Å². The van der Waals surface area contributed by atoms with Crippen LogP contribution in [0, 0.1) is 10.8 Å². The van der Waals surface area contributed by atoms with Gasteiger partial charge in [-0.25, -0.2) is 10.8 Å². The van der Waals surface area contributed by atoms with E-state index in [1.54, 1.807) is 11.7 Å². The second kappa shape index (κ2) is 8.50. The van der Waals surface area contributed by atoms with Crippen molar-refractivity contribution < 1.29 is 9.59 Å². The van der Waals surface area contributed by atoms with Crippen LogP contribution in [0.2, 0.25) is 0 Å². The lowest BCUT2D eigenvalue weighted by Crippen LogP contribution is -1.97. The monoisotopic (exact) mass is 154 g/mol. The fraction of sp³-hybridized carbons (Fsp3) is 0.429. The molecule has 0 spiro atoms. The maximum absolute atomic E-state index is 10.0. The summed E-state index contributed by atoms with van der Waals surface area (Å²) in [4.78, 5) is 20.1. The molecule has 0 fully saturated rings. The van der Waals surface area contributed by atoms with Gasteiger partial charge in [-0.3, -0.25) is 9.59 Å². The highest BCUT2D eigenvalue weighted by Gasteiger charge is 1.94. The molecule has 0 saturated heterocycles. The van der Waals surface area contributed by atoms with E-state index in [0.717, 1.165) is 0 Å². The van der Waals surface area contributed by atoms with Gasteiger partial charge < -0.3 is 0 Å². The Morgan fingerprint density at radius 1 is 1.09 bits per heavy atom. The van der Waals surface area contributed by atoms with E-state index in [0.29, 0.717) is 0 Å². The Morgan fingerprint density at radius 2 is 1.36 bits per heavy atom. The van der Waals surface area contributed by atoms with E-state index >= 15 is 0 Å². The lowest BCUT2D eigenvalue weighted by Gasteiger charge is -1.81. The Hall–Kier alpha value is -1.50. The molecule has 60 valence electrons. The summed E-state index contributed by atoms with van der Waals surface area (Å²) < 4.78 is 0. The summed E-state index contributed by atoms with van der Waals surface area (Å²) in [6, 6.07) is 0. The Balaban J connectivity index is 0. The highest BCUT2D eigenvalue weighted by molar-refractivity contribution is 5.96. The molecular formula is C7H10N2O2. The standard InChI is InChI=1S/C5H8O2.C2H2N2/c1-4(6)3-5(2)7;3-1-2-4/h3H2,1-2H3;3-4H. The average Bonchev–Trinajstić information content (AvgIpc) is 1.85. The van der Waals surface area contributed by atoms with Gasteiger partial charge in [-0.15, -0.1) is 0 Å². The number of carbonyl (C=O) groups excluding carboxylic acids is 2. The first-order valence-corrected chi connectivity index (χ1v) is 2.87. The molecule has 0 aromatic carbocycles. The molecule has 0 heterocycles. The fourth-order valence-corrected chi connectivity index (χ4v) is 0.351. The molecule has 0 aromatic heterocycles. The van der Waals surface area contributed by atoms with Gasteiger partial charge in [0, 0.05) is 0 Å². The lowest BCUT2D eigenvalue weighted by atomic mass is 10.2. The van der Waals surface area contributed by atoms with E-state index in [2.05, 4.69) is 0 Å². The van der Waals surface area contributed by atoms with E-state index in [1.165, 1.54) is 13.8 Å². The number of hydrogen-bond donors (Lipinski definition) is 2. The van der Waals surface area contributed by atoms with E-state index in [-0.39, 0.29) is 18.0 Å². The van der Waals surface area contributed by atoms with Crippen LogP contribution in [0.1, 0.15) is 20.3 Å². The molecule has 0 aliphatic heterocycles. The Labute approximate surface area is 64.9 Å². The fourth-order valence-electron chi connectivity index (χ4n) is 0.351. The van der Waals surface area contributed by atoms with Crippen molar-refractivity contribution in [2.45, 2.75) is 20.3 Å². The zero-order valence-electron chi connectivity index (χ0n) is 6.52. The van der Waals surface area contributed by atoms with Gasteiger partial charge in [-0.2, -0.15) is 0 Å². The molecule has 11 heavy (non-hydrogen) atoms. The number of hydrogen-bond acceptors (Lipinski definition) is 4. The number of rotatable bonds is 2. The van der Waals surface area contributed by atoms with Gasteiger partial charge in [0.2, 0.25) is 0 Å². The molecule has 0 aliphatic carbocycles. The van der Waals surface area contributed by atoms with Crippen LogP contribution in [0.15, 0.2) is 0 Å². The molecular weight excluding hydrogens is 144 g/mol. The second-order valence-corrected chi connectivity index (χ2v) is 1.83. The molecule has 4 nitrogen and oxygen atoms in total. The minimum absolute atomic E-state index is 0.0625. The van der Waals surface area contributed by atoms with Gasteiger partial charge in [-0.05, 0) is 13.8 Å². The Bertz CT molecular complexity index is 188. The molecule has 2 N–H and O–H groups in total. The molecule has 0 aromatic rings. The Morgan fingerprint density at radius 3 is 1.36 bits per heavy atom. The molecule has 0 saturated carbocycles. The second-order valence-electron chi connectivity index (χ2n) is 1.83. The summed E-state index contributed by atoms with van der Waals surface area (Å²) in [6.07, 6.45) is 0.0833. The van der Waals surface area contributed by atoms with Crippen LogP contribution < -0.4 is 0 Å². The minimum atomic E-state index is -0.0625. The largest absolute Gasteiger partial charge is 0.300 e. The zero-order valence-corrected chi connectivity index (χ0v) is 6.52. The first-order valence-electron chi connectivity index (χ1n) is 2.87. The van der Waals surface area contributed by atoms with Crippen molar-refractivity contribution in [2.75, 3.05) is 0 Å². The molecule has 0 bridgehead atoms. The third kappa shape index (κ3) is 29.3. The molecule has 0 unspecified atom stereocenters. The van der Waals surface area contributed by atoms with Crippen molar-refractivity contribution in [1.82, 2.24) is 0 Å². The summed E-state index contributed by atoms with van der Waals surface area (Å²) in [5, 5.41) is 11.8. The average molecular weight is 154 g/mol. The summed E-state index contributed by atoms with van der Waals surface area (Å²) in [5.74, 6) is 3.07. The third-order valence-corrected chi connectivity index (χ3v) is 0.560. The maximum Gasteiger partial charge on any atom is 0.137 e. The summed E-state index contributed by atoms with van der Waals surface area (Å²) >= 11 is 0. The quantitative estimate of drug-likeness (QED) is 0.451. The number of ketones is 2. The van der Waals surface area contributed by atoms with Gasteiger partial charge in [0.05, 0.1) is 18.2 Å². The number of Topliss-reactive ketones (excluding diaryl/α,β-unsaturated/α-hetero) is 2. The van der Waals surface area contributed by atoms with E-state index in [9.17, 15) is 9.59 Å². The van der Waals surface area contributed by atoms with Crippen molar-refractivity contribution in [3.05, 3.63) is 0 Å². The predicted molar refractivity (Wildman–Crippen MR) is 41.4 cm³/mol. The minimum Gasteiger partial charge on any atom is -0.300 e. The van der Waals surface area contributed by atoms with Crippen molar-refractivity contribution in [3.63, 3.8) is 0 Å². The molecule has 0 aliphatic rings. The van der Waals surface area contributed by atoms with Crippen LogP contribution in [0.25, 0.3) is 0 Å². The van der Waals surface area contributed by atoms with Crippen LogP contribution in [-0.2, 0) is 9.59 Å². The normalized spacial score (nSPS) is 6.36. The van der Waals surface area contributed by atoms with Crippen LogP contribution in [0.4, 0.5) is 0 Å². The molecule has 0 radical (unpaired) electrons. The topological polar surface area (TPSA) is 81.8 Å². The van der Waals surface area contributed by atoms with Gasteiger partial charge in [0.1, 0.15) is 11.6 Å². The molecule has 0 rings (SSSR count). The van der Waals surface area contributed by atoms with Crippen molar-refractivity contribution in [1.29, 1.82) is 10.8 Å². The highest BCUT2D eigenvalue weighted by Crippen LogP contribution is 1.80. The van der Waals surface area contributed by atoms with Gasteiger partial charge >= 0.3 is 0 Å². The van der Waals surface area contributed by atoms with Crippen LogP contribution in [0.5, 0.6) is 0 Å². The first-order chi connectivity index (χ1) is 5.04. The van der Waals surface area contributed by atoms with Gasteiger partial charge in [0.25, 0.3) is 0 Å². The van der Waals surface area contributed by atoms with Gasteiger partial charge in [-0.1, -0.05) is 0 Å². The smallest absolute Gasteiger partial charge is 0.137 e. The number of carbonyl (C=O) groups is 2. The summed E-state index contributed by atoms with van der Waals surface area (Å²) in [5.41, 5.74) is 0. The third-order valence-electron chi connectivity index (χ3n) is 0.560. The van der Waals surface area contributed by atoms with E-state index in [1.807, 2.05) is 0 Å². The predicted octanol–water partition coefficient (Wildman–Crippen LogP) is 0.594. The zero-order chi connectivity index (χ0) is 9.28. The SMILES string of the molecule is CC(=O)CC(C)=O.N=C=C=N. The maximum atomic E-state index is 10.0. The van der Waals surface area contributed by atoms with Crippen molar-refractivity contribution in [3.8, 4) is 0 Å². The first kappa shape index (κ1) is 12.2. The molecule has 4 heteroatoms. The molecule has 0 atom stereocenters. The van der Waals surface area contributed by atoms with Crippen LogP contribution >= 0.6 is 0 Å². The van der Waals surface area contributed by atoms with Gasteiger partial charge in [0.15, 0.2) is 0 Å².